The quantitative estimate of drug-likeness (QED) is 0.131. The number of anilines is 1. The molecule has 6 rings (SSSR count). The summed E-state index contributed by atoms with van der Waals surface area (Å²) in [7, 11) is 0. The maximum absolute atomic E-state index is 14.0. The molecular weight excluding hydrogens is 632 g/mol. The zero-order chi connectivity index (χ0) is 34.7. The van der Waals surface area contributed by atoms with E-state index in [0.29, 0.717) is 53.6 Å². The SMILES string of the molecule is CC.CC(=O)N1CCC(c2cc3[nH]c(C(=O)c4cnn(-c5cnc(Oc6c(F)cccc6F)cc5C)c4N)cc3cc2OC(F)F)CC1. The normalized spacial score (nSPS) is 13.4. The number of ketones is 1. The maximum atomic E-state index is 14.0. The molecule has 1 fully saturated rings. The molecular formula is C34H34F4N6O4. The minimum Gasteiger partial charge on any atom is -0.435 e. The van der Waals surface area contributed by atoms with Crippen molar-refractivity contribution in [1.82, 2.24) is 24.6 Å². The summed E-state index contributed by atoms with van der Waals surface area (Å²) in [4.78, 5) is 34.2. The van der Waals surface area contributed by atoms with Crippen LogP contribution in [-0.4, -0.2) is 56.0 Å². The summed E-state index contributed by atoms with van der Waals surface area (Å²) in [6.07, 6.45) is 3.79. The number of nitrogens with zero attached hydrogens (tertiary/aromatic N) is 4. The minimum absolute atomic E-state index is 0.00187. The van der Waals surface area contributed by atoms with Gasteiger partial charge >= 0.3 is 6.61 Å². The number of nitrogens with one attached hydrogen (secondary N) is 1. The molecule has 252 valence electrons. The number of nitrogens with two attached hydrogens (primary N) is 1. The first-order valence-corrected chi connectivity index (χ1v) is 15.3. The van der Waals surface area contributed by atoms with Crippen molar-refractivity contribution in [2.24, 2.45) is 0 Å². The molecule has 0 radical (unpaired) electrons. The van der Waals surface area contributed by atoms with Gasteiger partial charge in [-0.25, -0.2) is 18.4 Å². The highest BCUT2D eigenvalue weighted by Crippen LogP contribution is 2.38. The van der Waals surface area contributed by atoms with Crippen molar-refractivity contribution in [2.75, 3.05) is 18.8 Å². The Hall–Kier alpha value is -5.40. The molecule has 5 aromatic rings. The van der Waals surface area contributed by atoms with Gasteiger partial charge in [0.1, 0.15) is 11.6 Å². The van der Waals surface area contributed by atoms with Gasteiger partial charge in [0.05, 0.1) is 29.3 Å². The predicted octanol–water partition coefficient (Wildman–Crippen LogP) is 7.29. The fourth-order valence-corrected chi connectivity index (χ4v) is 5.68. The van der Waals surface area contributed by atoms with E-state index in [0.717, 1.165) is 12.1 Å². The molecule has 0 spiro atoms. The maximum Gasteiger partial charge on any atom is 0.387 e. The van der Waals surface area contributed by atoms with E-state index in [2.05, 4.69) is 15.1 Å². The summed E-state index contributed by atoms with van der Waals surface area (Å²) >= 11 is 0. The van der Waals surface area contributed by atoms with E-state index in [-0.39, 0.29) is 40.5 Å². The standard InChI is InChI=1S/C32H28F4N6O4.C2H6/c1-16-10-28(46-30-22(33)4-3-5-23(30)34)38-15-26(16)42-31(37)21(14-39-42)29(44)25-11-19-12-27(45-32(35)36)20(13-24(19)40-25)18-6-8-41(9-7-18)17(2)43;1-2/h3-5,10-15,18,32,40H,6-9,37H2,1-2H3;1-2H3. The summed E-state index contributed by atoms with van der Waals surface area (Å²) in [5, 5.41) is 4.74. The predicted molar refractivity (Wildman–Crippen MR) is 171 cm³/mol. The van der Waals surface area contributed by atoms with Gasteiger partial charge in [-0.05, 0) is 67.1 Å². The van der Waals surface area contributed by atoms with E-state index in [9.17, 15) is 27.2 Å². The van der Waals surface area contributed by atoms with E-state index in [4.69, 9.17) is 15.2 Å². The van der Waals surface area contributed by atoms with Gasteiger partial charge in [-0.3, -0.25) is 9.59 Å². The number of hydrogen-bond acceptors (Lipinski definition) is 7. The van der Waals surface area contributed by atoms with Crippen LogP contribution in [0.4, 0.5) is 23.4 Å². The van der Waals surface area contributed by atoms with E-state index in [1.165, 1.54) is 48.3 Å². The fourth-order valence-electron chi connectivity index (χ4n) is 5.68. The number of rotatable bonds is 8. The molecule has 1 aliphatic rings. The number of nitrogen functional groups attached to an aromatic ring is 1. The van der Waals surface area contributed by atoms with Gasteiger partial charge in [0.2, 0.25) is 23.3 Å². The second kappa shape index (κ2) is 14.2. The number of fused-ring (bicyclic) bond motifs is 1. The van der Waals surface area contributed by atoms with Crippen molar-refractivity contribution in [3.05, 3.63) is 88.9 Å². The van der Waals surface area contributed by atoms with Gasteiger partial charge in [0.15, 0.2) is 11.6 Å². The summed E-state index contributed by atoms with van der Waals surface area (Å²) in [6.45, 7) is 5.13. The van der Waals surface area contributed by atoms with E-state index >= 15 is 0 Å². The number of benzene rings is 2. The van der Waals surface area contributed by atoms with E-state index in [1.807, 2.05) is 13.8 Å². The van der Waals surface area contributed by atoms with E-state index < -0.39 is 29.8 Å². The molecule has 0 unspecified atom stereocenters. The lowest BCUT2D eigenvalue weighted by atomic mass is 9.88. The highest BCUT2D eigenvalue weighted by molar-refractivity contribution is 6.12. The number of alkyl halides is 2. The molecule has 14 heteroatoms. The molecule has 3 N–H and O–H groups in total. The lowest BCUT2D eigenvalue weighted by Gasteiger charge is -2.32. The number of aryl methyl sites for hydroxylation is 1. The van der Waals surface area contributed by atoms with Crippen LogP contribution >= 0.6 is 0 Å². The number of H-pyrrole nitrogens is 1. The lowest BCUT2D eigenvalue weighted by molar-refractivity contribution is -0.129. The van der Waals surface area contributed by atoms with Crippen molar-refractivity contribution in [3.63, 3.8) is 0 Å². The summed E-state index contributed by atoms with van der Waals surface area (Å²) in [5.41, 5.74) is 8.61. The average molecular weight is 667 g/mol. The number of para-hydroxylation sites is 1. The molecule has 1 amide bonds. The monoisotopic (exact) mass is 666 g/mol. The van der Waals surface area contributed by atoms with Crippen LogP contribution in [0.25, 0.3) is 16.6 Å². The van der Waals surface area contributed by atoms with Crippen LogP contribution in [0.1, 0.15) is 66.7 Å². The molecule has 10 nitrogen and oxygen atoms in total. The number of hydrogen-bond donors (Lipinski definition) is 2. The van der Waals surface area contributed by atoms with Gasteiger partial charge < -0.3 is 25.1 Å². The number of aromatic amines is 1. The highest BCUT2D eigenvalue weighted by Gasteiger charge is 2.27. The van der Waals surface area contributed by atoms with Crippen LogP contribution in [-0.2, 0) is 4.79 Å². The number of carbonyl (C=O) groups is 2. The number of amides is 1. The van der Waals surface area contributed by atoms with Crippen LogP contribution in [0, 0.1) is 18.6 Å². The van der Waals surface area contributed by atoms with Gasteiger partial charge in [0, 0.05) is 37.0 Å². The Kier molecular flexibility index (Phi) is 10.0. The molecule has 0 atom stereocenters. The van der Waals surface area contributed by atoms with Crippen LogP contribution in [0.15, 0.2) is 54.9 Å². The Morgan fingerprint density at radius 3 is 2.35 bits per heavy atom. The Morgan fingerprint density at radius 2 is 1.73 bits per heavy atom. The molecule has 2 aromatic carbocycles. The first-order valence-electron chi connectivity index (χ1n) is 15.3. The Labute approximate surface area is 273 Å². The van der Waals surface area contributed by atoms with Crippen molar-refractivity contribution < 1.29 is 36.6 Å². The first kappa shape index (κ1) is 33.9. The van der Waals surface area contributed by atoms with Gasteiger partial charge in [0.25, 0.3) is 0 Å². The highest BCUT2D eigenvalue weighted by atomic mass is 19.3. The molecule has 1 saturated heterocycles. The van der Waals surface area contributed by atoms with Crippen molar-refractivity contribution >= 4 is 28.4 Å². The van der Waals surface area contributed by atoms with Gasteiger partial charge in [-0.2, -0.15) is 13.9 Å². The third-order valence-electron chi connectivity index (χ3n) is 8.05. The van der Waals surface area contributed by atoms with Crippen LogP contribution < -0.4 is 15.2 Å². The van der Waals surface area contributed by atoms with Crippen LogP contribution in [0.3, 0.4) is 0 Å². The Balaban J connectivity index is 0.00000221. The summed E-state index contributed by atoms with van der Waals surface area (Å²) in [6, 6.07) is 9.48. The Bertz CT molecular complexity index is 1950. The number of ether oxygens (including phenoxy) is 2. The number of piperidine rings is 1. The van der Waals surface area contributed by atoms with Gasteiger partial charge in [-0.15, -0.1) is 0 Å². The number of pyridine rings is 1. The van der Waals surface area contributed by atoms with Crippen LogP contribution in [0.2, 0.25) is 0 Å². The zero-order valence-corrected chi connectivity index (χ0v) is 26.7. The smallest absolute Gasteiger partial charge is 0.387 e. The molecule has 48 heavy (non-hydrogen) atoms. The number of halogens is 4. The fraction of sp³-hybridized carbons (Fsp3) is 0.294. The van der Waals surface area contributed by atoms with Gasteiger partial charge in [-0.1, -0.05) is 19.9 Å². The third kappa shape index (κ3) is 6.82. The minimum atomic E-state index is -3.04. The van der Waals surface area contributed by atoms with Crippen molar-refractivity contribution in [1.29, 1.82) is 0 Å². The molecule has 0 saturated carbocycles. The lowest BCUT2D eigenvalue weighted by Crippen LogP contribution is -2.36. The number of likely N-dealkylation sites (tertiary alicyclic amines) is 1. The second-order valence-corrected chi connectivity index (χ2v) is 11.0. The largest absolute Gasteiger partial charge is 0.435 e. The molecule has 4 heterocycles. The number of carbonyl (C=O) groups excluding carboxylic acids is 2. The molecule has 0 bridgehead atoms. The molecule has 0 aliphatic carbocycles. The molecule has 3 aromatic heterocycles. The van der Waals surface area contributed by atoms with Crippen molar-refractivity contribution in [2.45, 2.75) is 53.1 Å². The summed E-state index contributed by atoms with van der Waals surface area (Å²) in [5.74, 6) is -3.06. The molecule has 1 aliphatic heterocycles. The topological polar surface area (TPSA) is 128 Å². The second-order valence-electron chi connectivity index (χ2n) is 11.0. The first-order chi connectivity index (χ1) is 23.0. The summed E-state index contributed by atoms with van der Waals surface area (Å²) < 4.78 is 66.3. The Morgan fingerprint density at radius 1 is 1.04 bits per heavy atom. The zero-order valence-electron chi connectivity index (χ0n) is 26.7. The van der Waals surface area contributed by atoms with Crippen LogP contribution in [0.5, 0.6) is 17.4 Å². The average Bonchev–Trinajstić information content (AvgIpc) is 3.66. The van der Waals surface area contributed by atoms with E-state index in [1.54, 1.807) is 17.9 Å². The third-order valence-corrected chi connectivity index (χ3v) is 8.05. The number of aromatic nitrogens is 4. The van der Waals surface area contributed by atoms with Crippen molar-refractivity contribution in [3.8, 4) is 23.1 Å².